The number of hydrogen-bond acceptors (Lipinski definition) is 4. The van der Waals surface area contributed by atoms with Crippen LogP contribution < -0.4 is 5.32 Å². The van der Waals surface area contributed by atoms with Crippen LogP contribution in [0.2, 0.25) is 0 Å². The van der Waals surface area contributed by atoms with Crippen molar-refractivity contribution in [3.8, 4) is 5.69 Å². The molecule has 0 aliphatic heterocycles. The highest BCUT2D eigenvalue weighted by molar-refractivity contribution is 9.10. The molecule has 0 radical (unpaired) electrons. The molecule has 0 bridgehead atoms. The standard InChI is InChI=1S/C15H14BrN5/c1-11-7-8-12(9-14(11)16)17-10-15-18-19-20-21(15)13-5-3-2-4-6-13/h2-9,17H,10H2,1H3. The summed E-state index contributed by atoms with van der Waals surface area (Å²) in [6.07, 6.45) is 0. The number of benzene rings is 2. The summed E-state index contributed by atoms with van der Waals surface area (Å²) in [7, 11) is 0. The minimum absolute atomic E-state index is 0.553. The molecule has 0 fully saturated rings. The van der Waals surface area contributed by atoms with Crippen molar-refractivity contribution in [2.75, 3.05) is 5.32 Å². The maximum absolute atomic E-state index is 4.08. The van der Waals surface area contributed by atoms with Gasteiger partial charge >= 0.3 is 0 Å². The first kappa shape index (κ1) is 13.8. The number of nitrogens with one attached hydrogen (secondary N) is 1. The maximum Gasteiger partial charge on any atom is 0.175 e. The van der Waals surface area contributed by atoms with E-state index in [1.165, 1.54) is 5.56 Å². The predicted molar refractivity (Wildman–Crippen MR) is 85.4 cm³/mol. The zero-order valence-electron chi connectivity index (χ0n) is 11.5. The first-order valence-electron chi connectivity index (χ1n) is 6.57. The van der Waals surface area contributed by atoms with E-state index in [1.54, 1.807) is 4.68 Å². The van der Waals surface area contributed by atoms with Crippen molar-refractivity contribution < 1.29 is 0 Å². The van der Waals surface area contributed by atoms with E-state index in [4.69, 9.17) is 0 Å². The van der Waals surface area contributed by atoms with Gasteiger partial charge in [-0.25, -0.2) is 0 Å². The minimum Gasteiger partial charge on any atom is -0.378 e. The van der Waals surface area contributed by atoms with E-state index in [9.17, 15) is 0 Å². The lowest BCUT2D eigenvalue weighted by molar-refractivity contribution is 0.768. The molecule has 6 heteroatoms. The van der Waals surface area contributed by atoms with Crippen LogP contribution in [0, 0.1) is 6.92 Å². The van der Waals surface area contributed by atoms with Crippen LogP contribution in [0.1, 0.15) is 11.4 Å². The fourth-order valence-corrected chi connectivity index (χ4v) is 2.35. The third-order valence-electron chi connectivity index (χ3n) is 3.16. The van der Waals surface area contributed by atoms with Crippen molar-refractivity contribution in [2.45, 2.75) is 13.5 Å². The van der Waals surface area contributed by atoms with Gasteiger partial charge in [0.1, 0.15) is 0 Å². The maximum atomic E-state index is 4.08. The molecule has 0 unspecified atom stereocenters. The van der Waals surface area contributed by atoms with Crippen molar-refractivity contribution in [3.05, 3.63) is 64.4 Å². The second-order valence-electron chi connectivity index (χ2n) is 4.66. The lowest BCUT2D eigenvalue weighted by Gasteiger charge is -2.08. The number of rotatable bonds is 4. The molecule has 3 rings (SSSR count). The molecule has 3 aromatic rings. The number of tetrazole rings is 1. The molecule has 0 spiro atoms. The molecule has 0 atom stereocenters. The lowest BCUT2D eigenvalue weighted by Crippen LogP contribution is -2.08. The highest BCUT2D eigenvalue weighted by Crippen LogP contribution is 2.21. The summed E-state index contributed by atoms with van der Waals surface area (Å²) in [4.78, 5) is 0. The van der Waals surface area contributed by atoms with Gasteiger partial charge in [0.05, 0.1) is 12.2 Å². The summed E-state index contributed by atoms with van der Waals surface area (Å²) >= 11 is 3.53. The van der Waals surface area contributed by atoms with E-state index in [-0.39, 0.29) is 0 Å². The van der Waals surface area contributed by atoms with E-state index in [0.29, 0.717) is 6.54 Å². The molecular formula is C15H14BrN5. The number of nitrogens with zero attached hydrogens (tertiary/aromatic N) is 4. The molecule has 0 saturated heterocycles. The summed E-state index contributed by atoms with van der Waals surface area (Å²) in [5.74, 6) is 0.762. The first-order chi connectivity index (χ1) is 10.2. The zero-order valence-corrected chi connectivity index (χ0v) is 13.1. The van der Waals surface area contributed by atoms with Crippen LogP contribution in [0.15, 0.2) is 53.0 Å². The Kier molecular flexibility index (Phi) is 3.96. The quantitative estimate of drug-likeness (QED) is 0.789. The molecule has 0 saturated carbocycles. The van der Waals surface area contributed by atoms with Crippen molar-refractivity contribution in [1.29, 1.82) is 0 Å². The SMILES string of the molecule is Cc1ccc(NCc2nnnn2-c2ccccc2)cc1Br. The zero-order chi connectivity index (χ0) is 14.7. The average molecular weight is 344 g/mol. The third-order valence-corrected chi connectivity index (χ3v) is 4.01. The fourth-order valence-electron chi connectivity index (χ4n) is 1.97. The molecule has 5 nitrogen and oxygen atoms in total. The van der Waals surface area contributed by atoms with Crippen molar-refractivity contribution >= 4 is 21.6 Å². The molecule has 0 aliphatic carbocycles. The van der Waals surface area contributed by atoms with E-state index in [1.807, 2.05) is 42.5 Å². The Bertz CT molecular complexity index is 739. The van der Waals surface area contributed by atoms with Gasteiger partial charge in [0, 0.05) is 10.2 Å². The smallest absolute Gasteiger partial charge is 0.175 e. The second-order valence-corrected chi connectivity index (χ2v) is 5.51. The van der Waals surface area contributed by atoms with Crippen LogP contribution in [-0.2, 0) is 6.54 Å². The van der Waals surface area contributed by atoms with E-state index in [2.05, 4.69) is 49.8 Å². The average Bonchev–Trinajstić information content (AvgIpc) is 2.98. The monoisotopic (exact) mass is 343 g/mol. The van der Waals surface area contributed by atoms with Gasteiger partial charge < -0.3 is 5.32 Å². The van der Waals surface area contributed by atoms with Crippen molar-refractivity contribution in [1.82, 2.24) is 20.2 Å². The van der Waals surface area contributed by atoms with Gasteiger partial charge in [-0.1, -0.05) is 40.2 Å². The Morgan fingerprint density at radius 2 is 1.95 bits per heavy atom. The Morgan fingerprint density at radius 3 is 2.71 bits per heavy atom. The minimum atomic E-state index is 0.553. The molecule has 1 aromatic heterocycles. The van der Waals surface area contributed by atoms with Gasteiger partial charge in [0.2, 0.25) is 0 Å². The Labute approximate surface area is 131 Å². The molecule has 2 aromatic carbocycles. The highest BCUT2D eigenvalue weighted by Gasteiger charge is 2.07. The van der Waals surface area contributed by atoms with E-state index in [0.717, 1.165) is 21.7 Å². The molecule has 1 heterocycles. The topological polar surface area (TPSA) is 55.6 Å². The Morgan fingerprint density at radius 1 is 1.14 bits per heavy atom. The van der Waals surface area contributed by atoms with E-state index < -0.39 is 0 Å². The van der Waals surface area contributed by atoms with Crippen LogP contribution in [-0.4, -0.2) is 20.2 Å². The molecule has 1 N–H and O–H groups in total. The van der Waals surface area contributed by atoms with E-state index >= 15 is 0 Å². The van der Waals surface area contributed by atoms with Gasteiger partial charge in [0.15, 0.2) is 5.82 Å². The number of aromatic nitrogens is 4. The second kappa shape index (κ2) is 6.05. The van der Waals surface area contributed by atoms with Crippen LogP contribution in [0.25, 0.3) is 5.69 Å². The van der Waals surface area contributed by atoms with Crippen LogP contribution in [0.4, 0.5) is 5.69 Å². The highest BCUT2D eigenvalue weighted by atomic mass is 79.9. The normalized spacial score (nSPS) is 10.6. The van der Waals surface area contributed by atoms with Crippen LogP contribution in [0.3, 0.4) is 0 Å². The number of para-hydroxylation sites is 1. The van der Waals surface area contributed by atoms with Gasteiger partial charge in [-0.15, -0.1) is 5.10 Å². The van der Waals surface area contributed by atoms with Gasteiger partial charge in [0.25, 0.3) is 0 Å². The predicted octanol–water partition coefficient (Wildman–Crippen LogP) is 3.35. The summed E-state index contributed by atoms with van der Waals surface area (Å²) in [5.41, 5.74) is 3.18. The summed E-state index contributed by atoms with van der Waals surface area (Å²) < 4.78 is 2.81. The molecule has 21 heavy (non-hydrogen) atoms. The Hall–Kier alpha value is -2.21. The first-order valence-corrected chi connectivity index (χ1v) is 7.36. The molecular weight excluding hydrogens is 330 g/mol. The summed E-state index contributed by atoms with van der Waals surface area (Å²) in [6.45, 7) is 2.61. The largest absolute Gasteiger partial charge is 0.378 e. The summed E-state index contributed by atoms with van der Waals surface area (Å²) in [6, 6.07) is 16.0. The number of aryl methyl sites for hydroxylation is 1. The molecule has 106 valence electrons. The molecule has 0 amide bonds. The number of halogens is 1. The Balaban J connectivity index is 1.77. The molecule has 0 aliphatic rings. The van der Waals surface area contributed by atoms with Crippen LogP contribution in [0.5, 0.6) is 0 Å². The number of hydrogen-bond donors (Lipinski definition) is 1. The van der Waals surface area contributed by atoms with Crippen molar-refractivity contribution in [2.24, 2.45) is 0 Å². The van der Waals surface area contributed by atoms with Gasteiger partial charge in [-0.2, -0.15) is 4.68 Å². The van der Waals surface area contributed by atoms with Crippen LogP contribution >= 0.6 is 15.9 Å². The lowest BCUT2D eigenvalue weighted by atomic mass is 10.2. The summed E-state index contributed by atoms with van der Waals surface area (Å²) in [5, 5.41) is 15.2. The van der Waals surface area contributed by atoms with Crippen molar-refractivity contribution in [3.63, 3.8) is 0 Å². The van der Waals surface area contributed by atoms with Gasteiger partial charge in [-0.3, -0.25) is 0 Å². The number of anilines is 1. The third kappa shape index (κ3) is 3.11. The van der Waals surface area contributed by atoms with Gasteiger partial charge in [-0.05, 0) is 47.2 Å². The fraction of sp³-hybridized carbons (Fsp3) is 0.133.